The number of aromatic nitrogens is 1. The van der Waals surface area contributed by atoms with Crippen LogP contribution in [0.15, 0.2) is 47.3 Å². The number of para-hydroxylation sites is 1. The van der Waals surface area contributed by atoms with Crippen molar-refractivity contribution >= 4 is 10.9 Å². The van der Waals surface area contributed by atoms with Gasteiger partial charge in [-0.15, -0.1) is 0 Å². The van der Waals surface area contributed by atoms with Crippen LogP contribution in [0.4, 0.5) is 0 Å². The number of aromatic amines is 1. The number of H-pyrrole nitrogens is 1. The van der Waals surface area contributed by atoms with Gasteiger partial charge in [0.05, 0.1) is 7.11 Å². The number of rotatable bonds is 5. The minimum Gasteiger partial charge on any atom is -0.496 e. The Hall–Kier alpha value is -2.59. The molecule has 4 nitrogen and oxygen atoms in total. The molecule has 3 aromatic rings. The molecule has 0 atom stereocenters. The summed E-state index contributed by atoms with van der Waals surface area (Å²) in [5, 5.41) is 4.42. The quantitative estimate of drug-likeness (QED) is 0.756. The number of pyridine rings is 1. The van der Waals surface area contributed by atoms with E-state index in [-0.39, 0.29) is 5.56 Å². The highest BCUT2D eigenvalue weighted by Crippen LogP contribution is 2.19. The van der Waals surface area contributed by atoms with Crippen LogP contribution in [0, 0.1) is 13.8 Å². The Bertz CT molecular complexity index is 929. The number of aryl methyl sites for hydroxylation is 2. The zero-order valence-electron chi connectivity index (χ0n) is 14.3. The Labute approximate surface area is 141 Å². The van der Waals surface area contributed by atoms with Gasteiger partial charge in [-0.05, 0) is 43.2 Å². The van der Waals surface area contributed by atoms with E-state index < -0.39 is 0 Å². The van der Waals surface area contributed by atoms with Crippen LogP contribution in [-0.4, -0.2) is 12.1 Å². The number of fused-ring (bicyclic) bond motifs is 1. The third kappa shape index (κ3) is 3.34. The summed E-state index contributed by atoms with van der Waals surface area (Å²) in [6, 6.07) is 14.0. The summed E-state index contributed by atoms with van der Waals surface area (Å²) in [6.45, 7) is 5.26. The van der Waals surface area contributed by atoms with E-state index in [1.807, 2.05) is 43.3 Å². The molecule has 1 heterocycles. The Morgan fingerprint density at radius 2 is 1.79 bits per heavy atom. The maximum absolute atomic E-state index is 12.3. The minimum atomic E-state index is -0.0416. The van der Waals surface area contributed by atoms with Crippen LogP contribution in [0.2, 0.25) is 0 Å². The van der Waals surface area contributed by atoms with Crippen molar-refractivity contribution in [3.8, 4) is 5.75 Å². The lowest BCUT2D eigenvalue weighted by Gasteiger charge is -2.10. The average molecular weight is 322 g/mol. The molecule has 124 valence electrons. The van der Waals surface area contributed by atoms with Crippen molar-refractivity contribution in [2.45, 2.75) is 26.9 Å². The lowest BCUT2D eigenvalue weighted by molar-refractivity contribution is 0.407. The molecular formula is C20H22N2O2. The summed E-state index contributed by atoms with van der Waals surface area (Å²) in [6.07, 6.45) is 0. The molecule has 0 aliphatic heterocycles. The molecule has 0 aliphatic rings. The highest BCUT2D eigenvalue weighted by atomic mass is 16.5. The first-order valence-electron chi connectivity index (χ1n) is 8.04. The molecule has 0 bridgehead atoms. The highest BCUT2D eigenvalue weighted by Gasteiger charge is 2.07. The van der Waals surface area contributed by atoms with Gasteiger partial charge in [-0.25, -0.2) is 0 Å². The Morgan fingerprint density at radius 3 is 2.58 bits per heavy atom. The van der Waals surface area contributed by atoms with Gasteiger partial charge in [-0.3, -0.25) is 4.79 Å². The number of hydrogen-bond acceptors (Lipinski definition) is 3. The molecule has 4 heteroatoms. The Balaban J connectivity index is 1.80. The van der Waals surface area contributed by atoms with Crippen molar-refractivity contribution in [3.63, 3.8) is 0 Å². The van der Waals surface area contributed by atoms with Gasteiger partial charge >= 0.3 is 0 Å². The standard InChI is InChI=1S/C20H22N2O2/c1-13-8-14(2)17-10-16(20(23)22-18(17)9-13)12-21-11-15-6-4-5-7-19(15)24-3/h4-10,21H,11-12H2,1-3H3,(H,22,23). The smallest absolute Gasteiger partial charge is 0.252 e. The largest absolute Gasteiger partial charge is 0.496 e. The molecule has 24 heavy (non-hydrogen) atoms. The van der Waals surface area contributed by atoms with E-state index in [1.165, 1.54) is 5.56 Å². The summed E-state index contributed by atoms with van der Waals surface area (Å²) >= 11 is 0. The predicted molar refractivity (Wildman–Crippen MR) is 97.6 cm³/mol. The van der Waals surface area contributed by atoms with Crippen molar-refractivity contribution < 1.29 is 4.74 Å². The maximum Gasteiger partial charge on any atom is 0.252 e. The molecule has 0 spiro atoms. The van der Waals surface area contributed by atoms with Gasteiger partial charge in [0, 0.05) is 35.1 Å². The topological polar surface area (TPSA) is 54.1 Å². The van der Waals surface area contributed by atoms with E-state index in [0.717, 1.165) is 33.3 Å². The van der Waals surface area contributed by atoms with Crippen LogP contribution in [-0.2, 0) is 13.1 Å². The molecule has 0 aliphatic carbocycles. The van der Waals surface area contributed by atoms with Gasteiger partial charge < -0.3 is 15.0 Å². The first-order chi connectivity index (χ1) is 11.6. The number of ether oxygens (including phenoxy) is 1. The average Bonchev–Trinajstić information content (AvgIpc) is 2.56. The maximum atomic E-state index is 12.3. The number of methoxy groups -OCH3 is 1. The third-order valence-corrected chi connectivity index (χ3v) is 4.21. The van der Waals surface area contributed by atoms with Crippen molar-refractivity contribution in [1.82, 2.24) is 10.3 Å². The summed E-state index contributed by atoms with van der Waals surface area (Å²) in [4.78, 5) is 15.3. The SMILES string of the molecule is COc1ccccc1CNCc1cc2c(C)cc(C)cc2[nH]c1=O. The lowest BCUT2D eigenvalue weighted by Crippen LogP contribution is -2.21. The molecule has 0 fully saturated rings. The lowest BCUT2D eigenvalue weighted by atomic mass is 10.0. The zero-order chi connectivity index (χ0) is 17.1. The van der Waals surface area contributed by atoms with Crippen molar-refractivity contribution in [1.29, 1.82) is 0 Å². The zero-order valence-corrected chi connectivity index (χ0v) is 14.3. The van der Waals surface area contributed by atoms with Crippen LogP contribution in [0.3, 0.4) is 0 Å². The van der Waals surface area contributed by atoms with E-state index in [2.05, 4.69) is 23.3 Å². The summed E-state index contributed by atoms with van der Waals surface area (Å²) in [5.74, 6) is 0.851. The fraction of sp³-hybridized carbons (Fsp3) is 0.250. The van der Waals surface area contributed by atoms with Crippen LogP contribution < -0.4 is 15.6 Å². The number of benzene rings is 2. The van der Waals surface area contributed by atoms with Gasteiger partial charge in [-0.2, -0.15) is 0 Å². The molecule has 2 N–H and O–H groups in total. The second-order valence-corrected chi connectivity index (χ2v) is 6.08. The summed E-state index contributed by atoms with van der Waals surface area (Å²) in [7, 11) is 1.66. The van der Waals surface area contributed by atoms with Crippen molar-refractivity contribution in [2.24, 2.45) is 0 Å². The van der Waals surface area contributed by atoms with E-state index in [9.17, 15) is 4.79 Å². The molecule has 0 unspecified atom stereocenters. The minimum absolute atomic E-state index is 0.0416. The van der Waals surface area contributed by atoms with Crippen LogP contribution in [0.1, 0.15) is 22.3 Å². The second-order valence-electron chi connectivity index (χ2n) is 6.08. The molecule has 0 amide bonds. The fourth-order valence-corrected chi connectivity index (χ4v) is 3.03. The summed E-state index contributed by atoms with van der Waals surface area (Å²) in [5.41, 5.74) is 4.99. The second kappa shape index (κ2) is 6.89. The molecule has 1 aromatic heterocycles. The van der Waals surface area contributed by atoms with E-state index >= 15 is 0 Å². The highest BCUT2D eigenvalue weighted by molar-refractivity contribution is 5.83. The first kappa shape index (κ1) is 16.3. The molecule has 0 radical (unpaired) electrons. The monoisotopic (exact) mass is 322 g/mol. The van der Waals surface area contributed by atoms with E-state index in [4.69, 9.17) is 4.74 Å². The molecule has 0 saturated heterocycles. The molecular weight excluding hydrogens is 300 g/mol. The van der Waals surface area contributed by atoms with Crippen molar-refractivity contribution in [2.75, 3.05) is 7.11 Å². The molecule has 3 rings (SSSR count). The van der Waals surface area contributed by atoms with Crippen LogP contribution >= 0.6 is 0 Å². The third-order valence-electron chi connectivity index (χ3n) is 4.21. The van der Waals surface area contributed by atoms with Crippen LogP contribution in [0.5, 0.6) is 5.75 Å². The fourth-order valence-electron chi connectivity index (χ4n) is 3.03. The van der Waals surface area contributed by atoms with Gasteiger partial charge in [0.25, 0.3) is 5.56 Å². The van der Waals surface area contributed by atoms with Gasteiger partial charge in [0.15, 0.2) is 0 Å². The first-order valence-corrected chi connectivity index (χ1v) is 8.04. The van der Waals surface area contributed by atoms with E-state index in [0.29, 0.717) is 13.1 Å². The predicted octanol–water partition coefficient (Wildman–Crippen LogP) is 3.44. The summed E-state index contributed by atoms with van der Waals surface area (Å²) < 4.78 is 5.35. The number of nitrogens with one attached hydrogen (secondary N) is 2. The van der Waals surface area contributed by atoms with Crippen molar-refractivity contribution in [3.05, 3.63) is 75.1 Å². The molecule has 0 saturated carbocycles. The Kier molecular flexibility index (Phi) is 4.67. The van der Waals surface area contributed by atoms with Gasteiger partial charge in [0.2, 0.25) is 0 Å². The van der Waals surface area contributed by atoms with E-state index in [1.54, 1.807) is 7.11 Å². The normalized spacial score (nSPS) is 11.0. The molecule has 2 aromatic carbocycles. The van der Waals surface area contributed by atoms with Gasteiger partial charge in [-0.1, -0.05) is 24.3 Å². The number of hydrogen-bond donors (Lipinski definition) is 2. The van der Waals surface area contributed by atoms with Gasteiger partial charge in [0.1, 0.15) is 5.75 Å². The Morgan fingerprint density at radius 1 is 1.04 bits per heavy atom. The van der Waals surface area contributed by atoms with Crippen LogP contribution in [0.25, 0.3) is 10.9 Å².